The predicted octanol–water partition coefficient (Wildman–Crippen LogP) is 5.14. The van der Waals surface area contributed by atoms with Crippen molar-refractivity contribution >= 4 is 23.3 Å². The van der Waals surface area contributed by atoms with Crippen molar-refractivity contribution in [1.82, 2.24) is 15.1 Å². The maximum Gasteiger partial charge on any atom is 0.410 e. The molecule has 1 aromatic heterocycles. The monoisotopic (exact) mass is 494 g/mol. The minimum absolute atomic E-state index is 0.00600. The molecule has 4 rings (SSSR count). The molecule has 1 aliphatic rings. The van der Waals surface area contributed by atoms with Gasteiger partial charge in [-0.25, -0.2) is 4.68 Å². The Morgan fingerprint density at radius 1 is 1.21 bits per heavy atom. The second-order valence-electron chi connectivity index (χ2n) is 7.73. The van der Waals surface area contributed by atoms with Crippen LogP contribution in [0.3, 0.4) is 0 Å². The van der Waals surface area contributed by atoms with Gasteiger partial charge < -0.3 is 20.1 Å². The highest BCUT2D eigenvalue weighted by atomic mass is 35.5. The molecule has 0 fully saturated rings. The maximum absolute atomic E-state index is 13.9. The van der Waals surface area contributed by atoms with E-state index in [1.807, 2.05) is 0 Å². The number of benzene rings is 2. The third-order valence-corrected chi connectivity index (χ3v) is 6.06. The summed E-state index contributed by atoms with van der Waals surface area (Å²) < 4.78 is 53.2. The lowest BCUT2D eigenvalue weighted by Crippen LogP contribution is -2.36. The molecular weight excluding hydrogens is 473 g/mol. The second-order valence-corrected chi connectivity index (χ2v) is 8.14. The molecule has 1 amide bonds. The largest absolute Gasteiger partial charge is 0.493 e. The first kappa shape index (κ1) is 23.7. The Bertz CT molecular complexity index is 1200. The zero-order valence-corrected chi connectivity index (χ0v) is 19.1. The number of amides is 1. The molecule has 0 aliphatic carbocycles. The van der Waals surface area contributed by atoms with E-state index in [-0.39, 0.29) is 24.3 Å². The lowest BCUT2D eigenvalue weighted by molar-refractivity contribution is -0.173. The van der Waals surface area contributed by atoms with Gasteiger partial charge in [-0.3, -0.25) is 4.79 Å². The molecule has 11 heteroatoms. The number of nitrogens with one attached hydrogen (secondary N) is 2. The van der Waals surface area contributed by atoms with E-state index in [2.05, 4.69) is 15.7 Å². The number of rotatable bonds is 6. The molecule has 3 aromatic rings. The topological polar surface area (TPSA) is 77.4 Å². The van der Waals surface area contributed by atoms with Crippen LogP contribution in [0, 0.1) is 0 Å². The van der Waals surface area contributed by atoms with Crippen molar-refractivity contribution in [1.29, 1.82) is 0 Å². The van der Waals surface area contributed by atoms with Gasteiger partial charge in [-0.1, -0.05) is 35.9 Å². The number of hydrogen-bond acceptors (Lipinski definition) is 5. The summed E-state index contributed by atoms with van der Waals surface area (Å²) in [5.41, 5.74) is 1.25. The number of ether oxygens (including phenoxy) is 2. The van der Waals surface area contributed by atoms with Crippen molar-refractivity contribution in [2.75, 3.05) is 19.5 Å². The van der Waals surface area contributed by atoms with Gasteiger partial charge in [-0.2, -0.15) is 18.3 Å². The molecule has 180 valence electrons. The van der Waals surface area contributed by atoms with E-state index in [1.54, 1.807) is 42.5 Å². The van der Waals surface area contributed by atoms with Crippen LogP contribution in [-0.4, -0.2) is 36.1 Å². The molecule has 2 heterocycles. The first-order chi connectivity index (χ1) is 16.2. The van der Waals surface area contributed by atoms with Gasteiger partial charge in [0.25, 0.3) is 5.91 Å². The molecule has 34 heavy (non-hydrogen) atoms. The summed E-state index contributed by atoms with van der Waals surface area (Å²) in [7, 11) is 2.92. The summed E-state index contributed by atoms with van der Waals surface area (Å²) in [5, 5.41) is 10.1. The van der Waals surface area contributed by atoms with E-state index in [1.165, 1.54) is 14.2 Å². The summed E-state index contributed by atoms with van der Waals surface area (Å²) >= 11 is 6.13. The molecule has 0 saturated heterocycles. The maximum atomic E-state index is 13.9. The second kappa shape index (κ2) is 9.46. The van der Waals surface area contributed by atoms with Crippen LogP contribution >= 0.6 is 11.6 Å². The van der Waals surface area contributed by atoms with Crippen molar-refractivity contribution < 1.29 is 27.4 Å². The Labute approximate surface area is 198 Å². The first-order valence-corrected chi connectivity index (χ1v) is 10.7. The molecule has 0 bridgehead atoms. The zero-order chi connectivity index (χ0) is 24.5. The molecule has 0 spiro atoms. The summed E-state index contributed by atoms with van der Waals surface area (Å²) in [6.07, 6.45) is -3.74. The SMILES string of the molecule is COc1ccc([C@@H]2C[C@@H](C(F)(F)F)n3ncc(C(=O)NCc4ccccc4Cl)c3N2)cc1OC. The minimum Gasteiger partial charge on any atom is -0.493 e. The van der Waals surface area contributed by atoms with Gasteiger partial charge in [-0.05, 0) is 29.3 Å². The van der Waals surface area contributed by atoms with Crippen LogP contribution in [0.25, 0.3) is 0 Å². The average molecular weight is 495 g/mol. The number of methoxy groups -OCH3 is 2. The molecule has 2 atom stereocenters. The molecule has 7 nitrogen and oxygen atoms in total. The molecule has 0 radical (unpaired) electrons. The van der Waals surface area contributed by atoms with Gasteiger partial charge in [0.1, 0.15) is 11.4 Å². The van der Waals surface area contributed by atoms with E-state index < -0.39 is 24.2 Å². The molecule has 0 unspecified atom stereocenters. The molecule has 0 saturated carbocycles. The van der Waals surface area contributed by atoms with Crippen molar-refractivity contribution in [2.45, 2.75) is 31.2 Å². The summed E-state index contributed by atoms with van der Waals surface area (Å²) in [6.45, 7) is 0.116. The molecule has 1 aliphatic heterocycles. The van der Waals surface area contributed by atoms with Gasteiger partial charge in [0.2, 0.25) is 0 Å². The Morgan fingerprint density at radius 2 is 1.94 bits per heavy atom. The number of halogens is 4. The van der Waals surface area contributed by atoms with Crippen LogP contribution in [0.4, 0.5) is 19.0 Å². The van der Waals surface area contributed by atoms with Crippen LogP contribution in [0.5, 0.6) is 11.5 Å². The molecule has 2 N–H and O–H groups in total. The number of aromatic nitrogens is 2. The smallest absolute Gasteiger partial charge is 0.410 e. The van der Waals surface area contributed by atoms with Gasteiger partial charge >= 0.3 is 6.18 Å². The van der Waals surface area contributed by atoms with Gasteiger partial charge in [-0.15, -0.1) is 0 Å². The van der Waals surface area contributed by atoms with Gasteiger partial charge in [0.15, 0.2) is 17.5 Å². The molecule has 2 aromatic carbocycles. The Hall–Kier alpha value is -3.40. The number of nitrogens with zero attached hydrogens (tertiary/aromatic N) is 2. The van der Waals surface area contributed by atoms with E-state index in [4.69, 9.17) is 21.1 Å². The molecular formula is C23H22ClF3N4O3. The fraction of sp³-hybridized carbons (Fsp3) is 0.304. The fourth-order valence-electron chi connectivity index (χ4n) is 3.93. The van der Waals surface area contributed by atoms with Crippen LogP contribution in [0.1, 0.15) is 40.0 Å². The first-order valence-electron chi connectivity index (χ1n) is 10.4. The summed E-state index contributed by atoms with van der Waals surface area (Å²) in [4.78, 5) is 12.9. The van der Waals surface area contributed by atoms with Crippen molar-refractivity contribution in [3.63, 3.8) is 0 Å². The van der Waals surface area contributed by atoms with Crippen LogP contribution < -0.4 is 20.1 Å². The summed E-state index contributed by atoms with van der Waals surface area (Å²) in [5.74, 6) is 0.272. The number of carbonyl (C=O) groups is 1. The third-order valence-electron chi connectivity index (χ3n) is 5.69. The van der Waals surface area contributed by atoms with Crippen LogP contribution in [-0.2, 0) is 6.54 Å². The Balaban J connectivity index is 1.64. The lowest BCUT2D eigenvalue weighted by Gasteiger charge is -2.34. The Kier molecular flexibility index (Phi) is 6.60. The van der Waals surface area contributed by atoms with Crippen molar-refractivity contribution in [2.24, 2.45) is 0 Å². The van der Waals surface area contributed by atoms with Crippen molar-refractivity contribution in [3.8, 4) is 11.5 Å². The highest BCUT2D eigenvalue weighted by molar-refractivity contribution is 6.31. The number of fused-ring (bicyclic) bond motifs is 1. The van der Waals surface area contributed by atoms with Gasteiger partial charge in [0.05, 0.1) is 26.5 Å². The van der Waals surface area contributed by atoms with Gasteiger partial charge in [0, 0.05) is 18.0 Å². The average Bonchev–Trinajstić information content (AvgIpc) is 3.25. The third kappa shape index (κ3) is 4.63. The van der Waals surface area contributed by atoms with E-state index in [0.29, 0.717) is 27.6 Å². The number of anilines is 1. The highest BCUT2D eigenvalue weighted by Crippen LogP contribution is 2.45. The fourth-order valence-corrected chi connectivity index (χ4v) is 4.13. The summed E-state index contributed by atoms with van der Waals surface area (Å²) in [6, 6.07) is 9.23. The zero-order valence-electron chi connectivity index (χ0n) is 18.3. The van der Waals surface area contributed by atoms with E-state index in [9.17, 15) is 18.0 Å². The number of carbonyl (C=O) groups excluding carboxylic acids is 1. The number of hydrogen-bond donors (Lipinski definition) is 2. The normalized spacial score (nSPS) is 17.5. The standard InChI is InChI=1S/C23H22ClF3N4O3/c1-33-18-8-7-13(9-19(18)34-2)17-10-20(23(25,26)27)31-21(30-17)15(12-29-31)22(32)28-11-14-5-3-4-6-16(14)24/h3-9,12,17,20,30H,10-11H2,1-2H3,(H,28,32)/t17-,20-/m0/s1. The van der Waals surface area contributed by atoms with Crippen LogP contribution in [0.15, 0.2) is 48.7 Å². The van der Waals surface area contributed by atoms with E-state index in [0.717, 1.165) is 10.9 Å². The van der Waals surface area contributed by atoms with E-state index >= 15 is 0 Å². The lowest BCUT2D eigenvalue weighted by atomic mass is 9.96. The number of alkyl halides is 3. The van der Waals surface area contributed by atoms with Crippen LogP contribution in [0.2, 0.25) is 5.02 Å². The van der Waals surface area contributed by atoms with Crippen molar-refractivity contribution in [3.05, 3.63) is 70.4 Å². The quantitative estimate of drug-likeness (QED) is 0.496. The highest BCUT2D eigenvalue weighted by Gasteiger charge is 2.47. The predicted molar refractivity (Wildman–Crippen MR) is 120 cm³/mol. The Morgan fingerprint density at radius 3 is 2.62 bits per heavy atom. The minimum atomic E-state index is -4.57.